The Kier molecular flexibility index (Phi) is 7.51. The zero-order valence-electron chi connectivity index (χ0n) is 19.6. The number of fused-ring (bicyclic) bond motifs is 5. The summed E-state index contributed by atoms with van der Waals surface area (Å²) < 4.78 is 15.0. The summed E-state index contributed by atoms with van der Waals surface area (Å²) in [6.45, 7) is 10.7. The minimum atomic E-state index is -1.85. The van der Waals surface area contributed by atoms with Crippen LogP contribution in [-0.2, 0) is 23.6 Å². The summed E-state index contributed by atoms with van der Waals surface area (Å²) in [5.74, 6) is 0.189. The Balaban J connectivity index is 0.000000858. The molecule has 2 aromatic carbocycles. The van der Waals surface area contributed by atoms with Gasteiger partial charge in [-0.05, 0) is 59.7 Å². The van der Waals surface area contributed by atoms with Crippen LogP contribution >= 0.6 is 0 Å². The minimum absolute atomic E-state index is 0.0872. The second-order valence-corrected chi connectivity index (χ2v) is 12.7. The Labute approximate surface area is 198 Å². The van der Waals surface area contributed by atoms with E-state index in [1.165, 1.54) is 33.4 Å². The van der Waals surface area contributed by atoms with E-state index in [-0.39, 0.29) is 11.5 Å². The average molecular weight is 464 g/mol. The Bertz CT molecular complexity index is 995. The van der Waals surface area contributed by atoms with E-state index in [4.69, 9.17) is 0 Å². The van der Waals surface area contributed by atoms with Crippen LogP contribution in [0.4, 0.5) is 0 Å². The van der Waals surface area contributed by atoms with Crippen molar-refractivity contribution in [3.05, 3.63) is 89.5 Å². The molecule has 0 aliphatic heterocycles. The Morgan fingerprint density at radius 3 is 1.68 bits per heavy atom. The van der Waals surface area contributed by atoms with Crippen molar-refractivity contribution >= 4 is 25.6 Å². The van der Waals surface area contributed by atoms with Gasteiger partial charge in [-0.15, -0.1) is 0 Å². The van der Waals surface area contributed by atoms with Crippen LogP contribution in [0, 0.1) is 5.92 Å². The molecule has 2 aliphatic carbocycles. The summed E-state index contributed by atoms with van der Waals surface area (Å²) in [6.07, 6.45) is 4.62. The topological polar surface area (TPSA) is 20.3 Å². The molecule has 0 heterocycles. The van der Waals surface area contributed by atoms with Crippen LogP contribution in [-0.4, -0.2) is 26.0 Å². The summed E-state index contributed by atoms with van der Waals surface area (Å²) >= 11 is 0.500. The van der Waals surface area contributed by atoms with E-state index in [0.717, 1.165) is 5.57 Å². The van der Waals surface area contributed by atoms with Gasteiger partial charge >= 0.3 is 38.5 Å². The molecule has 0 amide bonds. The van der Waals surface area contributed by atoms with Gasteiger partial charge in [0.1, 0.15) is 0 Å². The molecule has 0 radical (unpaired) electrons. The van der Waals surface area contributed by atoms with E-state index in [1.807, 2.05) is 11.6 Å². The fraction of sp³-hybridized carbons (Fsp3) is 0.333. The first-order valence-electron chi connectivity index (χ1n) is 10.9. The number of hydrogen-bond donors (Lipinski definition) is 0. The first-order chi connectivity index (χ1) is 14.7. The van der Waals surface area contributed by atoms with Crippen LogP contribution in [0.3, 0.4) is 0 Å². The van der Waals surface area contributed by atoms with Gasteiger partial charge in [-0.1, -0.05) is 67.3 Å². The van der Waals surface area contributed by atoms with Crippen LogP contribution in [0.25, 0.3) is 16.7 Å². The molecule has 2 aromatic rings. The molecule has 0 bridgehead atoms. The quantitative estimate of drug-likeness (QED) is 0.458. The second-order valence-electron chi connectivity index (χ2n) is 9.22. The molecule has 2 aliphatic rings. The first kappa shape index (κ1) is 23.8. The molecule has 0 N–H and O–H groups in total. The SMILES string of the molecule is C=C1c2ccccc2C2=CC(C[Si](=O)N(C)C(C)(C)C)C=C2c2ccccc21.[CH3][Ti][CH3]. The van der Waals surface area contributed by atoms with E-state index in [0.29, 0.717) is 25.2 Å². The molecule has 2 nitrogen and oxygen atoms in total. The van der Waals surface area contributed by atoms with E-state index >= 15 is 0 Å². The number of nitrogens with zero attached hydrogens (tertiary/aromatic N) is 1. The summed E-state index contributed by atoms with van der Waals surface area (Å²) in [4.78, 5) is 0. The molecule has 0 saturated heterocycles. The maximum atomic E-state index is 13.0. The second kappa shape index (κ2) is 9.77. The molecular weight excluding hydrogens is 430 g/mol. The van der Waals surface area contributed by atoms with Crippen molar-refractivity contribution < 1.29 is 23.6 Å². The summed E-state index contributed by atoms with van der Waals surface area (Å²) in [7, 11) is 0.129. The molecular formula is C27H33NOSiTi. The van der Waals surface area contributed by atoms with Gasteiger partial charge in [0, 0.05) is 24.5 Å². The van der Waals surface area contributed by atoms with Crippen molar-refractivity contribution in [2.75, 3.05) is 7.05 Å². The molecule has 0 saturated carbocycles. The van der Waals surface area contributed by atoms with Gasteiger partial charge < -0.3 is 9.03 Å². The predicted molar refractivity (Wildman–Crippen MR) is 131 cm³/mol. The van der Waals surface area contributed by atoms with Gasteiger partial charge in [0.2, 0.25) is 0 Å². The maximum absolute atomic E-state index is 13.0. The van der Waals surface area contributed by atoms with Gasteiger partial charge in [0.25, 0.3) is 0 Å². The number of hydrogen-bond acceptors (Lipinski definition) is 1. The fourth-order valence-electron chi connectivity index (χ4n) is 4.06. The zero-order valence-corrected chi connectivity index (χ0v) is 22.2. The molecule has 160 valence electrons. The van der Waals surface area contributed by atoms with Crippen LogP contribution in [0.15, 0.2) is 67.3 Å². The third-order valence-electron chi connectivity index (χ3n) is 5.93. The number of allylic oxidation sites excluding steroid dienone is 4. The van der Waals surface area contributed by atoms with Gasteiger partial charge in [-0.3, -0.25) is 0 Å². The Morgan fingerprint density at radius 1 is 0.903 bits per heavy atom. The predicted octanol–water partition coefficient (Wildman–Crippen LogP) is 6.97. The van der Waals surface area contributed by atoms with Crippen molar-refractivity contribution in [2.24, 2.45) is 5.92 Å². The monoisotopic (exact) mass is 463 g/mol. The van der Waals surface area contributed by atoms with Crippen molar-refractivity contribution in [3.8, 4) is 0 Å². The Hall–Kier alpha value is -1.81. The van der Waals surface area contributed by atoms with Crippen molar-refractivity contribution in [1.82, 2.24) is 4.57 Å². The molecule has 31 heavy (non-hydrogen) atoms. The standard InChI is InChI=1S/C25H27NOSi.2CH3.Ti/c1-17-19-10-6-8-12-21(19)23-14-18(16-28(27)26(5)25(2,3)4)15-24(23)22-13-9-7-11-20(17)22;;;/h6-15,18H,1,16H2,2-5H3;2*1H3;. The molecule has 0 atom stereocenters. The molecule has 0 fully saturated rings. The first-order valence-corrected chi connectivity index (χ1v) is 15.5. The third kappa shape index (κ3) is 5.00. The van der Waals surface area contributed by atoms with E-state index < -0.39 is 8.84 Å². The number of benzene rings is 2. The van der Waals surface area contributed by atoms with Gasteiger partial charge in [0.15, 0.2) is 0 Å². The third-order valence-corrected chi connectivity index (χ3v) is 8.17. The van der Waals surface area contributed by atoms with E-state index in [9.17, 15) is 4.46 Å². The van der Waals surface area contributed by atoms with Crippen LogP contribution in [0.1, 0.15) is 43.0 Å². The normalized spacial score (nSPS) is 14.7. The van der Waals surface area contributed by atoms with E-state index in [2.05, 4.69) is 98.5 Å². The van der Waals surface area contributed by atoms with Crippen molar-refractivity contribution in [3.63, 3.8) is 0 Å². The van der Waals surface area contributed by atoms with Gasteiger partial charge in [0.05, 0.1) is 0 Å². The summed E-state index contributed by atoms with van der Waals surface area (Å²) in [5, 5.41) is 4.50. The van der Waals surface area contributed by atoms with Gasteiger partial charge in [-0.2, -0.15) is 0 Å². The van der Waals surface area contributed by atoms with Crippen molar-refractivity contribution in [1.29, 1.82) is 0 Å². The zero-order chi connectivity index (χ0) is 22.8. The fourth-order valence-corrected chi connectivity index (χ4v) is 5.72. The summed E-state index contributed by atoms with van der Waals surface area (Å²) in [6, 6.07) is 17.7. The van der Waals surface area contributed by atoms with Crippen molar-refractivity contribution in [2.45, 2.75) is 42.8 Å². The van der Waals surface area contributed by atoms with Crippen LogP contribution in [0.5, 0.6) is 0 Å². The number of rotatable bonds is 3. The average Bonchev–Trinajstić information content (AvgIpc) is 3.12. The molecule has 4 rings (SSSR count). The molecule has 0 aromatic heterocycles. The van der Waals surface area contributed by atoms with E-state index in [1.54, 1.807) is 0 Å². The molecule has 4 heteroatoms. The van der Waals surface area contributed by atoms with Crippen LogP contribution < -0.4 is 0 Å². The summed E-state index contributed by atoms with van der Waals surface area (Å²) in [5.41, 5.74) is 8.30. The van der Waals surface area contributed by atoms with Crippen LogP contribution in [0.2, 0.25) is 16.5 Å². The Morgan fingerprint density at radius 2 is 1.29 bits per heavy atom. The van der Waals surface area contributed by atoms with Gasteiger partial charge in [-0.25, -0.2) is 0 Å². The molecule has 0 unspecified atom stereocenters. The molecule has 0 spiro atoms.